The van der Waals surface area contributed by atoms with Crippen LogP contribution in [0.5, 0.6) is 0 Å². The minimum Gasteiger partial charge on any atom is -0.321 e. The second-order valence-corrected chi connectivity index (χ2v) is 4.73. The minimum atomic E-state index is -0.101. The van der Waals surface area contributed by atoms with Gasteiger partial charge in [0.1, 0.15) is 5.01 Å². The van der Waals surface area contributed by atoms with Crippen molar-refractivity contribution in [3.63, 3.8) is 0 Å². The van der Waals surface area contributed by atoms with E-state index in [1.807, 2.05) is 6.92 Å². The fourth-order valence-corrected chi connectivity index (χ4v) is 2.41. The lowest BCUT2D eigenvalue weighted by atomic mass is 10.1. The van der Waals surface area contributed by atoms with Crippen LogP contribution in [0, 0.1) is 19.3 Å². The molecule has 0 aromatic carbocycles. The van der Waals surface area contributed by atoms with Crippen molar-refractivity contribution in [1.29, 1.82) is 0 Å². The summed E-state index contributed by atoms with van der Waals surface area (Å²) < 4.78 is 0. The third kappa shape index (κ3) is 2.34. The van der Waals surface area contributed by atoms with E-state index in [0.717, 1.165) is 10.7 Å². The quantitative estimate of drug-likeness (QED) is 0.775. The molecule has 14 heavy (non-hydrogen) atoms. The fourth-order valence-electron chi connectivity index (χ4n) is 1.34. The molecule has 0 spiro atoms. The van der Waals surface area contributed by atoms with Crippen molar-refractivity contribution in [2.24, 2.45) is 5.73 Å². The van der Waals surface area contributed by atoms with E-state index in [1.165, 1.54) is 4.88 Å². The Balaban J connectivity index is 2.91. The first-order valence-electron chi connectivity index (χ1n) is 4.72. The average molecular weight is 208 g/mol. The van der Waals surface area contributed by atoms with Gasteiger partial charge in [0.05, 0.1) is 11.7 Å². The van der Waals surface area contributed by atoms with E-state index in [2.05, 4.69) is 24.8 Å². The van der Waals surface area contributed by atoms with Crippen LogP contribution in [0.25, 0.3) is 0 Å². The van der Waals surface area contributed by atoms with Crippen molar-refractivity contribution in [2.75, 3.05) is 0 Å². The van der Waals surface area contributed by atoms with E-state index >= 15 is 0 Å². The van der Waals surface area contributed by atoms with Crippen LogP contribution in [0.15, 0.2) is 0 Å². The van der Waals surface area contributed by atoms with E-state index in [4.69, 9.17) is 12.2 Å². The lowest BCUT2D eigenvalue weighted by Crippen LogP contribution is -2.08. The highest BCUT2D eigenvalue weighted by Crippen LogP contribution is 2.29. The van der Waals surface area contributed by atoms with Crippen molar-refractivity contribution in [1.82, 2.24) is 4.98 Å². The van der Waals surface area contributed by atoms with E-state index in [1.54, 1.807) is 11.3 Å². The molecule has 1 rings (SSSR count). The van der Waals surface area contributed by atoms with Gasteiger partial charge in [-0.2, -0.15) is 0 Å². The highest BCUT2D eigenvalue weighted by molar-refractivity contribution is 7.11. The van der Waals surface area contributed by atoms with Crippen LogP contribution < -0.4 is 5.73 Å². The third-order valence-corrected chi connectivity index (χ3v) is 3.62. The zero-order valence-corrected chi connectivity index (χ0v) is 9.69. The molecule has 2 N–H and O–H groups in total. The van der Waals surface area contributed by atoms with Crippen LogP contribution in [-0.2, 0) is 0 Å². The molecule has 2 nitrogen and oxygen atoms in total. The van der Waals surface area contributed by atoms with Gasteiger partial charge in [-0.1, -0.05) is 13.8 Å². The molecule has 76 valence electrons. The standard InChI is InChI=1S/C11H16N2S/c1-5-6-9(12)11-13-8(4)10(14-11)7(2)3/h1,7,9H,6,12H2,2-4H3/t9-/m0/s1. The highest BCUT2D eigenvalue weighted by Gasteiger charge is 2.14. The van der Waals surface area contributed by atoms with Gasteiger partial charge in [0, 0.05) is 11.3 Å². The zero-order valence-electron chi connectivity index (χ0n) is 8.87. The first kappa shape index (κ1) is 11.2. The molecule has 1 atom stereocenters. The lowest BCUT2D eigenvalue weighted by molar-refractivity contribution is 0.743. The summed E-state index contributed by atoms with van der Waals surface area (Å²) in [6.07, 6.45) is 5.78. The number of aromatic nitrogens is 1. The maximum absolute atomic E-state index is 5.89. The van der Waals surface area contributed by atoms with Gasteiger partial charge in [0.15, 0.2) is 0 Å². The Morgan fingerprint density at radius 1 is 1.57 bits per heavy atom. The van der Waals surface area contributed by atoms with Crippen molar-refractivity contribution in [3.8, 4) is 12.3 Å². The molecule has 0 aliphatic carbocycles. The third-order valence-electron chi connectivity index (χ3n) is 2.03. The molecule has 3 heteroatoms. The SMILES string of the molecule is C#CC[C@H](N)c1nc(C)c(C(C)C)s1. The van der Waals surface area contributed by atoms with Gasteiger partial charge in [0.2, 0.25) is 0 Å². The predicted octanol–water partition coefficient (Wildman–Crippen LogP) is 2.60. The van der Waals surface area contributed by atoms with Gasteiger partial charge in [0.25, 0.3) is 0 Å². The molecule has 0 bridgehead atoms. The van der Waals surface area contributed by atoms with Crippen LogP contribution in [0.3, 0.4) is 0 Å². The molecule has 0 aliphatic rings. The van der Waals surface area contributed by atoms with Gasteiger partial charge in [-0.3, -0.25) is 0 Å². The topological polar surface area (TPSA) is 38.9 Å². The van der Waals surface area contributed by atoms with Crippen molar-refractivity contribution in [2.45, 2.75) is 39.2 Å². The largest absolute Gasteiger partial charge is 0.321 e. The zero-order chi connectivity index (χ0) is 10.7. The molecule has 0 unspecified atom stereocenters. The van der Waals surface area contributed by atoms with Crippen LogP contribution in [0.4, 0.5) is 0 Å². The molecular weight excluding hydrogens is 192 g/mol. The molecule has 0 saturated heterocycles. The molecule has 0 radical (unpaired) electrons. The second kappa shape index (κ2) is 4.59. The summed E-state index contributed by atoms with van der Waals surface area (Å²) in [7, 11) is 0. The van der Waals surface area contributed by atoms with Crippen LogP contribution >= 0.6 is 11.3 Å². The Labute approximate surface area is 89.6 Å². The molecule has 0 amide bonds. The van der Waals surface area contributed by atoms with Crippen LogP contribution in [0.1, 0.15) is 47.8 Å². The van der Waals surface area contributed by atoms with E-state index in [-0.39, 0.29) is 6.04 Å². The Hall–Kier alpha value is -0.850. The van der Waals surface area contributed by atoms with Crippen molar-refractivity contribution < 1.29 is 0 Å². The molecule has 0 aliphatic heterocycles. The summed E-state index contributed by atoms with van der Waals surface area (Å²) in [6, 6.07) is -0.101. The number of nitrogens with two attached hydrogens (primary N) is 1. The fraction of sp³-hybridized carbons (Fsp3) is 0.545. The number of aryl methyl sites for hydroxylation is 1. The number of rotatable bonds is 3. The minimum absolute atomic E-state index is 0.101. The molecule has 0 saturated carbocycles. The van der Waals surface area contributed by atoms with Crippen molar-refractivity contribution >= 4 is 11.3 Å². The van der Waals surface area contributed by atoms with Gasteiger partial charge in [-0.15, -0.1) is 23.7 Å². The molecule has 1 heterocycles. The summed E-state index contributed by atoms with van der Waals surface area (Å²) >= 11 is 1.68. The normalized spacial score (nSPS) is 12.9. The molecule has 1 aromatic rings. The number of terminal acetylenes is 1. The molecular formula is C11H16N2S. The maximum atomic E-state index is 5.89. The number of thiazole rings is 1. The Morgan fingerprint density at radius 2 is 2.21 bits per heavy atom. The number of nitrogens with zero attached hydrogens (tertiary/aromatic N) is 1. The summed E-state index contributed by atoms with van der Waals surface area (Å²) in [6.45, 7) is 6.35. The number of hydrogen-bond acceptors (Lipinski definition) is 3. The summed E-state index contributed by atoms with van der Waals surface area (Å²) in [5.74, 6) is 3.08. The Bertz CT molecular complexity index is 347. The first-order valence-corrected chi connectivity index (χ1v) is 5.54. The van der Waals surface area contributed by atoms with Gasteiger partial charge >= 0.3 is 0 Å². The van der Waals surface area contributed by atoms with Gasteiger partial charge in [-0.05, 0) is 12.8 Å². The highest BCUT2D eigenvalue weighted by atomic mass is 32.1. The average Bonchev–Trinajstić information content (AvgIpc) is 2.48. The Kier molecular flexibility index (Phi) is 3.68. The summed E-state index contributed by atoms with van der Waals surface area (Å²) in [5, 5.41) is 0.962. The summed E-state index contributed by atoms with van der Waals surface area (Å²) in [4.78, 5) is 5.76. The van der Waals surface area contributed by atoms with Crippen molar-refractivity contribution in [3.05, 3.63) is 15.6 Å². The lowest BCUT2D eigenvalue weighted by Gasteiger charge is -2.02. The van der Waals surface area contributed by atoms with Gasteiger partial charge in [-0.25, -0.2) is 4.98 Å². The first-order chi connectivity index (χ1) is 6.56. The second-order valence-electron chi connectivity index (χ2n) is 3.67. The number of hydrogen-bond donors (Lipinski definition) is 1. The molecule has 1 aromatic heterocycles. The molecule has 0 fully saturated rings. The van der Waals surface area contributed by atoms with E-state index in [9.17, 15) is 0 Å². The van der Waals surface area contributed by atoms with E-state index < -0.39 is 0 Å². The summed E-state index contributed by atoms with van der Waals surface area (Å²) in [5.41, 5.74) is 6.98. The van der Waals surface area contributed by atoms with Crippen LogP contribution in [-0.4, -0.2) is 4.98 Å². The van der Waals surface area contributed by atoms with Gasteiger partial charge < -0.3 is 5.73 Å². The van der Waals surface area contributed by atoms with E-state index in [0.29, 0.717) is 12.3 Å². The predicted molar refractivity (Wildman–Crippen MR) is 61.3 cm³/mol. The maximum Gasteiger partial charge on any atom is 0.111 e. The van der Waals surface area contributed by atoms with Crippen LogP contribution in [0.2, 0.25) is 0 Å². The Morgan fingerprint density at radius 3 is 2.64 bits per heavy atom. The smallest absolute Gasteiger partial charge is 0.111 e. The monoisotopic (exact) mass is 208 g/mol.